The topological polar surface area (TPSA) is 64.3 Å². The third kappa shape index (κ3) is 5.11. The lowest BCUT2D eigenvalue weighted by Gasteiger charge is -2.11. The van der Waals surface area contributed by atoms with Crippen molar-refractivity contribution in [3.05, 3.63) is 101 Å². The lowest BCUT2D eigenvalue weighted by Crippen LogP contribution is -2.28. The number of rotatable bonds is 2. The van der Waals surface area contributed by atoms with E-state index in [0.29, 0.717) is 0 Å². The van der Waals surface area contributed by atoms with Crippen molar-refractivity contribution in [1.29, 1.82) is 0 Å². The van der Waals surface area contributed by atoms with Crippen LogP contribution in [0.15, 0.2) is 99.9 Å². The Bertz CT molecular complexity index is 1450. The summed E-state index contributed by atoms with van der Waals surface area (Å²) in [5.74, 6) is 0. The van der Waals surface area contributed by atoms with E-state index in [9.17, 15) is 13.0 Å². The number of aryl methyl sites for hydroxylation is 2. The van der Waals surface area contributed by atoms with Gasteiger partial charge in [0.25, 0.3) is 0 Å². The monoisotopic (exact) mass is 476 g/mol. The van der Waals surface area contributed by atoms with Crippen LogP contribution in [0.3, 0.4) is 0 Å². The number of benzene rings is 3. The minimum absolute atomic E-state index is 0.178. The molecule has 5 rings (SSSR count). The number of thioether (sulfide) groups is 1. The number of para-hydroxylation sites is 2. The Morgan fingerprint density at radius 1 is 0.909 bits per heavy atom. The van der Waals surface area contributed by atoms with E-state index in [0.717, 1.165) is 5.56 Å². The Morgan fingerprint density at radius 2 is 1.58 bits per heavy atom. The number of pyridine rings is 1. The van der Waals surface area contributed by atoms with E-state index in [-0.39, 0.29) is 4.90 Å². The van der Waals surface area contributed by atoms with Gasteiger partial charge in [-0.1, -0.05) is 53.7 Å². The molecule has 4 aromatic rings. The lowest BCUT2D eigenvalue weighted by atomic mass is 10.1. The van der Waals surface area contributed by atoms with Gasteiger partial charge in [0, 0.05) is 29.5 Å². The maximum atomic E-state index is 10.4. The Kier molecular flexibility index (Phi) is 6.56. The van der Waals surface area contributed by atoms with Gasteiger partial charge < -0.3 is 9.45 Å². The fourth-order valence-electron chi connectivity index (χ4n) is 3.56. The van der Waals surface area contributed by atoms with Gasteiger partial charge in [-0.05, 0) is 49.7 Å². The summed E-state index contributed by atoms with van der Waals surface area (Å²) in [6.07, 6.45) is 4.36. The largest absolute Gasteiger partial charge is 0.744 e. The summed E-state index contributed by atoms with van der Waals surface area (Å²) in [5.41, 5.74) is 4.74. The van der Waals surface area contributed by atoms with Crippen molar-refractivity contribution < 1.29 is 17.5 Å². The first-order valence-electron chi connectivity index (χ1n) is 10.4. The van der Waals surface area contributed by atoms with Gasteiger partial charge in [0.05, 0.1) is 10.6 Å². The third-order valence-corrected chi connectivity index (χ3v) is 7.43. The van der Waals surface area contributed by atoms with E-state index < -0.39 is 10.1 Å². The maximum Gasteiger partial charge on any atom is 0.218 e. The zero-order valence-electron chi connectivity index (χ0n) is 18.6. The van der Waals surface area contributed by atoms with E-state index in [1.54, 1.807) is 12.1 Å². The fraction of sp³-hybridized carbons (Fsp3) is 0.115. The number of nitrogens with zero attached hydrogens (tertiary/aromatic N) is 2. The first kappa shape index (κ1) is 23.0. The van der Waals surface area contributed by atoms with Crippen LogP contribution in [0.25, 0.3) is 17.1 Å². The smallest absolute Gasteiger partial charge is 0.218 e. The number of hydrogen-bond acceptors (Lipinski definition) is 5. The van der Waals surface area contributed by atoms with E-state index in [2.05, 4.69) is 90.4 Å². The standard InChI is InChI=1S/C19H17N2S.C7H8O3S/c1-14-11-12-21(16-8-4-3-7-15(14)16)13-19-20(2)17-9-5-6-10-18(17)22-19;1-6-2-4-7(5-3-6)11(8,9)10/h3-13H,1-2H3;2-5H,1H3,(H,8,9,10)/q+1;/p-1/b19-13-;. The van der Waals surface area contributed by atoms with Crippen molar-refractivity contribution in [3.63, 3.8) is 0 Å². The summed E-state index contributed by atoms with van der Waals surface area (Å²) in [7, 11) is -2.14. The molecule has 0 saturated carbocycles. The van der Waals surface area contributed by atoms with Crippen molar-refractivity contribution >= 4 is 44.7 Å². The second-order valence-corrected chi connectivity index (χ2v) is 10.2. The van der Waals surface area contributed by atoms with Crippen LogP contribution in [0.4, 0.5) is 5.69 Å². The number of fused-ring (bicyclic) bond motifs is 2. The Hall–Kier alpha value is -3.13. The van der Waals surface area contributed by atoms with Crippen LogP contribution in [0, 0.1) is 13.8 Å². The predicted molar refractivity (Wildman–Crippen MR) is 133 cm³/mol. The molecular formula is C26H24N2O3S2. The van der Waals surface area contributed by atoms with Crippen LogP contribution in [-0.4, -0.2) is 20.0 Å². The fourth-order valence-corrected chi connectivity index (χ4v) is 5.12. The molecule has 1 aromatic heterocycles. The molecule has 5 nitrogen and oxygen atoms in total. The zero-order chi connectivity index (χ0) is 23.6. The molecular weight excluding hydrogens is 452 g/mol. The van der Waals surface area contributed by atoms with Crippen LogP contribution < -0.4 is 9.47 Å². The highest BCUT2D eigenvalue weighted by Crippen LogP contribution is 2.44. The van der Waals surface area contributed by atoms with Gasteiger partial charge in [-0.25, -0.2) is 8.42 Å². The van der Waals surface area contributed by atoms with Crippen LogP contribution in [0.2, 0.25) is 0 Å². The molecule has 0 bridgehead atoms. The summed E-state index contributed by atoms with van der Waals surface area (Å²) in [6.45, 7) is 3.98. The molecule has 2 heterocycles. The molecule has 1 aliphatic rings. The lowest BCUT2D eigenvalue weighted by molar-refractivity contribution is -0.539. The summed E-state index contributed by atoms with van der Waals surface area (Å²) in [6, 6.07) is 25.0. The van der Waals surface area contributed by atoms with Crippen molar-refractivity contribution in [2.24, 2.45) is 0 Å². The molecule has 0 unspecified atom stereocenters. The van der Waals surface area contributed by atoms with Gasteiger partial charge in [-0.2, -0.15) is 4.57 Å². The summed E-state index contributed by atoms with van der Waals surface area (Å²) < 4.78 is 33.4. The van der Waals surface area contributed by atoms with Gasteiger partial charge in [0.15, 0.2) is 6.20 Å². The van der Waals surface area contributed by atoms with Gasteiger partial charge in [-0.3, -0.25) is 0 Å². The van der Waals surface area contributed by atoms with Crippen molar-refractivity contribution in [1.82, 2.24) is 0 Å². The normalized spacial score (nSPS) is 14.2. The molecule has 0 fully saturated rings. The quantitative estimate of drug-likeness (QED) is 0.289. The first-order chi connectivity index (χ1) is 15.7. The van der Waals surface area contributed by atoms with Crippen LogP contribution in [-0.2, 0) is 10.1 Å². The first-order valence-corrected chi connectivity index (χ1v) is 12.6. The SMILES string of the molecule is Cc1cc[n+](/C=C2\Sc3ccccc3N2C)c2ccccc12.Cc1ccc(S(=O)(=O)[O-])cc1. The van der Waals surface area contributed by atoms with E-state index >= 15 is 0 Å². The molecule has 0 radical (unpaired) electrons. The highest BCUT2D eigenvalue weighted by Gasteiger charge is 2.24. The highest BCUT2D eigenvalue weighted by atomic mass is 32.2. The Morgan fingerprint density at radius 3 is 2.27 bits per heavy atom. The molecule has 0 aliphatic carbocycles. The summed E-state index contributed by atoms with van der Waals surface area (Å²) in [4.78, 5) is 3.39. The molecule has 168 valence electrons. The highest BCUT2D eigenvalue weighted by molar-refractivity contribution is 8.03. The van der Waals surface area contributed by atoms with Crippen molar-refractivity contribution in [3.8, 4) is 0 Å². The number of anilines is 1. The molecule has 7 heteroatoms. The Balaban J connectivity index is 0.000000200. The second-order valence-electron chi connectivity index (χ2n) is 7.79. The third-order valence-electron chi connectivity index (χ3n) is 5.42. The van der Waals surface area contributed by atoms with Crippen LogP contribution >= 0.6 is 11.8 Å². The molecule has 0 saturated heterocycles. The second kappa shape index (κ2) is 9.39. The van der Waals surface area contributed by atoms with Crippen molar-refractivity contribution in [2.45, 2.75) is 23.6 Å². The molecule has 0 N–H and O–H groups in total. The van der Waals surface area contributed by atoms with Crippen LogP contribution in [0.5, 0.6) is 0 Å². The van der Waals surface area contributed by atoms with Gasteiger partial charge >= 0.3 is 0 Å². The average molecular weight is 477 g/mol. The molecule has 0 spiro atoms. The van der Waals surface area contributed by atoms with E-state index in [4.69, 9.17) is 0 Å². The minimum atomic E-state index is -4.27. The average Bonchev–Trinajstić information content (AvgIpc) is 3.11. The van der Waals surface area contributed by atoms with Gasteiger partial charge in [0.2, 0.25) is 11.7 Å². The molecule has 0 atom stereocenters. The minimum Gasteiger partial charge on any atom is -0.744 e. The predicted octanol–water partition coefficient (Wildman–Crippen LogP) is 5.33. The van der Waals surface area contributed by atoms with Crippen molar-refractivity contribution in [2.75, 3.05) is 11.9 Å². The Labute approximate surface area is 198 Å². The van der Waals surface area contributed by atoms with Gasteiger partial charge in [-0.15, -0.1) is 0 Å². The van der Waals surface area contributed by atoms with Gasteiger partial charge in [0.1, 0.15) is 15.1 Å². The van der Waals surface area contributed by atoms with E-state index in [1.165, 1.54) is 44.2 Å². The number of hydrogen-bond donors (Lipinski definition) is 0. The number of aromatic nitrogens is 1. The molecule has 3 aromatic carbocycles. The summed E-state index contributed by atoms with van der Waals surface area (Å²) >= 11 is 1.82. The zero-order valence-corrected chi connectivity index (χ0v) is 20.2. The summed E-state index contributed by atoms with van der Waals surface area (Å²) in [5, 5.41) is 2.53. The van der Waals surface area contributed by atoms with Crippen LogP contribution in [0.1, 0.15) is 11.1 Å². The molecule has 33 heavy (non-hydrogen) atoms. The molecule has 1 aliphatic heterocycles. The maximum absolute atomic E-state index is 10.4. The molecule has 0 amide bonds. The van der Waals surface area contributed by atoms with E-state index in [1.807, 2.05) is 18.7 Å².